The summed E-state index contributed by atoms with van der Waals surface area (Å²) >= 11 is 0. The molecule has 1 aliphatic heterocycles. The van der Waals surface area contributed by atoms with Gasteiger partial charge in [0.05, 0.1) is 6.54 Å². The van der Waals surface area contributed by atoms with Gasteiger partial charge in [-0.25, -0.2) is 9.59 Å². The lowest BCUT2D eigenvalue weighted by atomic mass is 9.97. The first-order valence-corrected chi connectivity index (χ1v) is 9.39. The lowest BCUT2D eigenvalue weighted by molar-refractivity contribution is -0.121. The molecule has 1 saturated heterocycles. The van der Waals surface area contributed by atoms with Gasteiger partial charge >= 0.3 is 12.1 Å². The van der Waals surface area contributed by atoms with Gasteiger partial charge in [0.1, 0.15) is 5.60 Å². The SMILES string of the molecule is CN(CC1CCCN(CC(=O)NC(=O)NC2CC2)C1)C(=O)OC(C)(C)C. The normalized spacial score (nSPS) is 21.0. The molecule has 0 aromatic heterocycles. The van der Waals surface area contributed by atoms with Crippen LogP contribution in [0, 0.1) is 5.92 Å². The van der Waals surface area contributed by atoms with Crippen LogP contribution in [0.4, 0.5) is 9.59 Å². The first-order chi connectivity index (χ1) is 12.1. The van der Waals surface area contributed by atoms with Crippen molar-refractivity contribution < 1.29 is 19.1 Å². The van der Waals surface area contributed by atoms with Crippen LogP contribution >= 0.6 is 0 Å². The highest BCUT2D eigenvalue weighted by Crippen LogP contribution is 2.19. The highest BCUT2D eigenvalue weighted by Gasteiger charge is 2.27. The van der Waals surface area contributed by atoms with Crippen molar-refractivity contribution in [2.75, 3.05) is 33.2 Å². The summed E-state index contributed by atoms with van der Waals surface area (Å²) in [5.74, 6) is -0.00124. The van der Waals surface area contributed by atoms with Gasteiger partial charge in [-0.3, -0.25) is 15.0 Å². The minimum absolute atomic E-state index is 0.199. The number of piperidine rings is 1. The van der Waals surface area contributed by atoms with Gasteiger partial charge < -0.3 is 15.0 Å². The Hall–Kier alpha value is -1.83. The summed E-state index contributed by atoms with van der Waals surface area (Å²) in [7, 11) is 1.74. The van der Waals surface area contributed by atoms with Crippen molar-refractivity contribution in [1.82, 2.24) is 20.4 Å². The summed E-state index contributed by atoms with van der Waals surface area (Å²) in [6.45, 7) is 7.88. The number of nitrogens with zero attached hydrogens (tertiary/aromatic N) is 2. The molecule has 0 spiro atoms. The maximum Gasteiger partial charge on any atom is 0.410 e. The lowest BCUT2D eigenvalue weighted by Crippen LogP contribution is -2.48. The van der Waals surface area contributed by atoms with Crippen LogP contribution in [-0.2, 0) is 9.53 Å². The van der Waals surface area contributed by atoms with E-state index in [4.69, 9.17) is 4.74 Å². The summed E-state index contributed by atoms with van der Waals surface area (Å²) in [4.78, 5) is 39.4. The fourth-order valence-electron chi connectivity index (χ4n) is 3.06. The van der Waals surface area contributed by atoms with Crippen LogP contribution in [0.3, 0.4) is 0 Å². The predicted octanol–water partition coefficient (Wildman–Crippen LogP) is 1.55. The molecule has 8 heteroatoms. The number of carbonyl (C=O) groups excluding carboxylic acids is 3. The molecule has 0 bridgehead atoms. The zero-order chi connectivity index (χ0) is 19.3. The third-order valence-electron chi connectivity index (χ3n) is 4.37. The maximum atomic E-state index is 12.1. The van der Waals surface area contributed by atoms with Crippen molar-refractivity contribution >= 4 is 18.0 Å². The van der Waals surface area contributed by atoms with Gasteiger partial charge in [-0.1, -0.05) is 0 Å². The number of hydrogen-bond donors (Lipinski definition) is 2. The Morgan fingerprint density at radius 3 is 2.50 bits per heavy atom. The van der Waals surface area contributed by atoms with Crippen molar-refractivity contribution in [2.24, 2.45) is 5.92 Å². The van der Waals surface area contributed by atoms with E-state index < -0.39 is 11.6 Å². The molecule has 2 fully saturated rings. The molecular formula is C18H32N4O4. The summed E-state index contributed by atoms with van der Waals surface area (Å²) in [5.41, 5.74) is -0.511. The minimum Gasteiger partial charge on any atom is -0.444 e. The number of nitrogens with one attached hydrogen (secondary N) is 2. The molecule has 2 N–H and O–H groups in total. The lowest BCUT2D eigenvalue weighted by Gasteiger charge is -2.34. The number of hydrogen-bond acceptors (Lipinski definition) is 5. The topological polar surface area (TPSA) is 91.0 Å². The standard InChI is InChI=1S/C18H32N4O4/c1-18(2,3)26-17(25)21(4)10-13-6-5-9-22(11-13)12-15(23)20-16(24)19-14-7-8-14/h13-14H,5-12H2,1-4H3,(H2,19,20,23,24). The first-order valence-electron chi connectivity index (χ1n) is 9.39. The second kappa shape index (κ2) is 8.70. The van der Waals surface area contributed by atoms with Gasteiger partial charge in [-0.15, -0.1) is 0 Å². The van der Waals surface area contributed by atoms with E-state index in [1.54, 1.807) is 11.9 Å². The second-order valence-corrected chi connectivity index (χ2v) is 8.40. The summed E-state index contributed by atoms with van der Waals surface area (Å²) in [5, 5.41) is 5.12. The third kappa shape index (κ3) is 7.59. The van der Waals surface area contributed by atoms with Crippen LogP contribution in [0.1, 0.15) is 46.5 Å². The van der Waals surface area contributed by atoms with Crippen LogP contribution < -0.4 is 10.6 Å². The first kappa shape index (κ1) is 20.5. The monoisotopic (exact) mass is 368 g/mol. The average molecular weight is 368 g/mol. The maximum absolute atomic E-state index is 12.1. The minimum atomic E-state index is -0.511. The molecule has 1 atom stereocenters. The number of urea groups is 1. The second-order valence-electron chi connectivity index (χ2n) is 8.40. The molecule has 1 aliphatic carbocycles. The zero-order valence-corrected chi connectivity index (χ0v) is 16.3. The van der Waals surface area contributed by atoms with E-state index in [9.17, 15) is 14.4 Å². The van der Waals surface area contributed by atoms with E-state index >= 15 is 0 Å². The number of likely N-dealkylation sites (tertiary alicyclic amines) is 1. The zero-order valence-electron chi connectivity index (χ0n) is 16.3. The van der Waals surface area contributed by atoms with Crippen LogP contribution in [0.15, 0.2) is 0 Å². The molecule has 1 heterocycles. The predicted molar refractivity (Wildman–Crippen MR) is 97.7 cm³/mol. The molecular weight excluding hydrogens is 336 g/mol. The molecule has 0 radical (unpaired) electrons. The van der Waals surface area contributed by atoms with E-state index in [2.05, 4.69) is 10.6 Å². The van der Waals surface area contributed by atoms with Crippen LogP contribution in [0.25, 0.3) is 0 Å². The highest BCUT2D eigenvalue weighted by molar-refractivity contribution is 5.95. The molecule has 26 heavy (non-hydrogen) atoms. The Labute approximate surface area is 155 Å². The summed E-state index contributed by atoms with van der Waals surface area (Å²) in [6.07, 6.45) is 3.62. The van der Waals surface area contributed by atoms with E-state index in [0.717, 1.165) is 38.8 Å². The van der Waals surface area contributed by atoms with Crippen LogP contribution in [0.5, 0.6) is 0 Å². The number of imide groups is 1. The molecule has 8 nitrogen and oxygen atoms in total. The Morgan fingerprint density at radius 1 is 1.19 bits per heavy atom. The van der Waals surface area contributed by atoms with Gasteiger partial charge in [0.25, 0.3) is 0 Å². The third-order valence-corrected chi connectivity index (χ3v) is 4.37. The van der Waals surface area contributed by atoms with Crippen LogP contribution in [0.2, 0.25) is 0 Å². The van der Waals surface area contributed by atoms with Gasteiger partial charge in [0.2, 0.25) is 5.91 Å². The Bertz CT molecular complexity index is 528. The number of amides is 4. The summed E-state index contributed by atoms with van der Waals surface area (Å²) < 4.78 is 5.38. The van der Waals surface area contributed by atoms with E-state index in [1.165, 1.54) is 0 Å². The molecule has 1 saturated carbocycles. The van der Waals surface area contributed by atoms with Gasteiger partial charge in [0.15, 0.2) is 0 Å². The van der Waals surface area contributed by atoms with Crippen molar-refractivity contribution in [2.45, 2.75) is 58.1 Å². The Morgan fingerprint density at radius 2 is 1.88 bits per heavy atom. The molecule has 2 aliphatic rings. The van der Waals surface area contributed by atoms with Crippen LogP contribution in [-0.4, -0.2) is 72.7 Å². The van der Waals surface area contributed by atoms with E-state index in [-0.39, 0.29) is 30.5 Å². The molecule has 0 aromatic carbocycles. The molecule has 1 unspecified atom stereocenters. The largest absolute Gasteiger partial charge is 0.444 e. The van der Waals surface area contributed by atoms with Gasteiger partial charge in [0, 0.05) is 26.2 Å². The fraction of sp³-hybridized carbons (Fsp3) is 0.833. The van der Waals surface area contributed by atoms with Crippen molar-refractivity contribution in [3.63, 3.8) is 0 Å². The molecule has 4 amide bonds. The van der Waals surface area contributed by atoms with Crippen molar-refractivity contribution in [1.29, 1.82) is 0 Å². The number of carbonyl (C=O) groups is 3. The van der Waals surface area contributed by atoms with E-state index in [1.807, 2.05) is 25.7 Å². The van der Waals surface area contributed by atoms with Gasteiger partial charge in [-0.2, -0.15) is 0 Å². The van der Waals surface area contributed by atoms with Crippen molar-refractivity contribution in [3.05, 3.63) is 0 Å². The number of ether oxygens (including phenoxy) is 1. The molecule has 2 rings (SSSR count). The van der Waals surface area contributed by atoms with Crippen molar-refractivity contribution in [3.8, 4) is 0 Å². The molecule has 148 valence electrons. The Kier molecular flexibility index (Phi) is 6.86. The quantitative estimate of drug-likeness (QED) is 0.768. The Balaban J connectivity index is 1.72. The molecule has 0 aromatic rings. The smallest absolute Gasteiger partial charge is 0.410 e. The average Bonchev–Trinajstić information content (AvgIpc) is 3.29. The fourth-order valence-corrected chi connectivity index (χ4v) is 3.06. The van der Waals surface area contributed by atoms with E-state index in [0.29, 0.717) is 6.54 Å². The number of rotatable bonds is 5. The highest BCUT2D eigenvalue weighted by atomic mass is 16.6. The summed E-state index contributed by atoms with van der Waals surface area (Å²) in [6, 6.07) is -0.179. The van der Waals surface area contributed by atoms with Gasteiger partial charge in [-0.05, 0) is 58.9 Å².